The highest BCUT2D eigenvalue weighted by Crippen LogP contribution is 2.28. The summed E-state index contributed by atoms with van der Waals surface area (Å²) in [5.41, 5.74) is 6.25. The van der Waals surface area contributed by atoms with E-state index in [9.17, 15) is 15.0 Å². The van der Waals surface area contributed by atoms with Gasteiger partial charge in [0.2, 0.25) is 5.88 Å². The lowest BCUT2D eigenvalue weighted by Crippen LogP contribution is -2.31. The Kier molecular flexibility index (Phi) is 4.47. The maximum atomic E-state index is 11.5. The summed E-state index contributed by atoms with van der Waals surface area (Å²) in [6.45, 7) is 0.189. The monoisotopic (exact) mass is 342 g/mol. The third-order valence-corrected chi connectivity index (χ3v) is 3.63. The summed E-state index contributed by atoms with van der Waals surface area (Å²) in [4.78, 5) is 19.6. The molecule has 0 unspecified atom stereocenters. The van der Waals surface area contributed by atoms with Crippen molar-refractivity contribution in [3.8, 4) is 23.3 Å². The number of aliphatic hydroxyl groups is 1. The van der Waals surface area contributed by atoms with E-state index in [0.29, 0.717) is 11.1 Å². The highest BCUT2D eigenvalue weighted by Gasteiger charge is 2.31. The van der Waals surface area contributed by atoms with Crippen LogP contribution in [0, 0.1) is 11.3 Å². The van der Waals surface area contributed by atoms with E-state index in [0.717, 1.165) is 0 Å². The van der Waals surface area contributed by atoms with Crippen LogP contribution in [0.15, 0.2) is 24.3 Å². The van der Waals surface area contributed by atoms with Gasteiger partial charge in [-0.25, -0.2) is 9.78 Å². The van der Waals surface area contributed by atoms with Gasteiger partial charge in [0.05, 0.1) is 24.8 Å². The molecule has 9 nitrogen and oxygen atoms in total. The molecule has 1 fully saturated rings. The lowest BCUT2D eigenvalue weighted by Gasteiger charge is -2.17. The van der Waals surface area contributed by atoms with E-state index < -0.39 is 18.2 Å². The Hall–Kier alpha value is -3.22. The Balaban J connectivity index is 2.06. The number of anilines is 1. The smallest absolute Gasteiger partial charge is 0.345 e. The zero-order chi connectivity index (χ0) is 18.0. The van der Waals surface area contributed by atoms with Gasteiger partial charge in [-0.05, 0) is 12.1 Å². The molecule has 1 saturated heterocycles. The number of aromatic carboxylic acids is 1. The Morgan fingerprint density at radius 1 is 1.40 bits per heavy atom. The molecule has 0 saturated carbocycles. The van der Waals surface area contributed by atoms with E-state index in [4.69, 9.17) is 20.5 Å². The number of benzene rings is 1. The summed E-state index contributed by atoms with van der Waals surface area (Å²) in [7, 11) is 0. The topological polar surface area (TPSA) is 152 Å². The predicted molar refractivity (Wildman–Crippen MR) is 84.8 cm³/mol. The van der Waals surface area contributed by atoms with Gasteiger partial charge < -0.3 is 25.4 Å². The molecule has 1 aliphatic heterocycles. The fourth-order valence-corrected chi connectivity index (χ4v) is 2.38. The Labute approximate surface area is 142 Å². The molecule has 2 heterocycles. The van der Waals surface area contributed by atoms with Crippen molar-refractivity contribution in [3.63, 3.8) is 0 Å². The van der Waals surface area contributed by atoms with E-state index in [-0.39, 0.29) is 36.3 Å². The van der Waals surface area contributed by atoms with E-state index >= 15 is 0 Å². The molecule has 9 heteroatoms. The molecule has 25 heavy (non-hydrogen) atoms. The van der Waals surface area contributed by atoms with E-state index in [2.05, 4.69) is 9.97 Å². The summed E-state index contributed by atoms with van der Waals surface area (Å²) in [5.74, 6) is -1.77. The van der Waals surface area contributed by atoms with Crippen molar-refractivity contribution >= 4 is 11.8 Å². The van der Waals surface area contributed by atoms with Crippen LogP contribution in [-0.4, -0.2) is 51.6 Å². The number of hydrogen-bond acceptors (Lipinski definition) is 8. The van der Waals surface area contributed by atoms with Crippen LogP contribution in [-0.2, 0) is 4.74 Å². The number of aliphatic hydroxyl groups excluding tert-OH is 1. The SMILES string of the molecule is N#Cc1cccc(-c2nc(N)c(C(=O)O)c(O[C@@H]3COC[C@H]3O)n2)c1. The largest absolute Gasteiger partial charge is 0.477 e. The third-order valence-electron chi connectivity index (χ3n) is 3.63. The summed E-state index contributed by atoms with van der Waals surface area (Å²) >= 11 is 0. The number of nitrogens with zero attached hydrogens (tertiary/aromatic N) is 3. The molecule has 0 aliphatic carbocycles. The van der Waals surface area contributed by atoms with Gasteiger partial charge in [-0.3, -0.25) is 0 Å². The van der Waals surface area contributed by atoms with Gasteiger partial charge in [0, 0.05) is 5.56 Å². The second-order valence-electron chi connectivity index (χ2n) is 5.37. The Bertz CT molecular complexity index is 864. The van der Waals surface area contributed by atoms with Crippen LogP contribution < -0.4 is 10.5 Å². The van der Waals surface area contributed by atoms with Crippen molar-refractivity contribution in [2.45, 2.75) is 12.2 Å². The Morgan fingerprint density at radius 2 is 2.20 bits per heavy atom. The van der Waals surface area contributed by atoms with E-state index in [1.165, 1.54) is 0 Å². The number of carboxylic acids is 1. The molecular weight excluding hydrogens is 328 g/mol. The molecule has 2 aromatic rings. The van der Waals surface area contributed by atoms with Crippen LogP contribution in [0.2, 0.25) is 0 Å². The minimum Gasteiger partial charge on any atom is -0.477 e. The second kappa shape index (κ2) is 6.72. The van der Waals surface area contributed by atoms with Crippen LogP contribution in [0.3, 0.4) is 0 Å². The van der Waals surface area contributed by atoms with Crippen molar-refractivity contribution in [1.82, 2.24) is 9.97 Å². The molecule has 2 atom stereocenters. The number of ether oxygens (including phenoxy) is 2. The van der Waals surface area contributed by atoms with Gasteiger partial charge in [-0.15, -0.1) is 0 Å². The van der Waals surface area contributed by atoms with Crippen LogP contribution in [0.1, 0.15) is 15.9 Å². The number of rotatable bonds is 4. The number of aromatic nitrogens is 2. The number of carbonyl (C=O) groups is 1. The minimum atomic E-state index is -1.35. The van der Waals surface area contributed by atoms with Gasteiger partial charge >= 0.3 is 5.97 Å². The molecule has 0 radical (unpaired) electrons. The second-order valence-corrected chi connectivity index (χ2v) is 5.37. The molecule has 1 aromatic carbocycles. The molecule has 0 bridgehead atoms. The average molecular weight is 342 g/mol. The van der Waals surface area contributed by atoms with Gasteiger partial charge in [-0.2, -0.15) is 10.2 Å². The lowest BCUT2D eigenvalue weighted by molar-refractivity contribution is 0.0619. The first-order chi connectivity index (χ1) is 12.0. The molecule has 4 N–H and O–H groups in total. The first-order valence-corrected chi connectivity index (χ1v) is 7.33. The van der Waals surface area contributed by atoms with Gasteiger partial charge in [0.25, 0.3) is 0 Å². The fraction of sp³-hybridized carbons (Fsp3) is 0.250. The average Bonchev–Trinajstić information content (AvgIpc) is 2.99. The molecule has 3 rings (SSSR count). The fourth-order valence-electron chi connectivity index (χ4n) is 2.38. The molecule has 1 aromatic heterocycles. The Morgan fingerprint density at radius 3 is 2.84 bits per heavy atom. The van der Waals surface area contributed by atoms with Crippen molar-refractivity contribution < 1.29 is 24.5 Å². The molecule has 128 valence electrons. The first kappa shape index (κ1) is 16.6. The van der Waals surface area contributed by atoms with Crippen LogP contribution in [0.4, 0.5) is 5.82 Å². The highest BCUT2D eigenvalue weighted by molar-refractivity contribution is 5.95. The summed E-state index contributed by atoms with van der Waals surface area (Å²) < 4.78 is 10.6. The zero-order valence-corrected chi connectivity index (χ0v) is 12.9. The lowest BCUT2D eigenvalue weighted by atomic mass is 10.1. The number of hydrogen-bond donors (Lipinski definition) is 3. The molecule has 0 spiro atoms. The van der Waals surface area contributed by atoms with Crippen molar-refractivity contribution in [2.75, 3.05) is 18.9 Å². The maximum Gasteiger partial charge on any atom is 0.345 e. The van der Waals surface area contributed by atoms with Crippen LogP contribution in [0.5, 0.6) is 5.88 Å². The summed E-state index contributed by atoms with van der Waals surface area (Å²) in [6, 6.07) is 8.47. The molecular formula is C16H14N4O5. The van der Waals surface area contributed by atoms with E-state index in [1.54, 1.807) is 24.3 Å². The number of nitriles is 1. The third kappa shape index (κ3) is 3.35. The van der Waals surface area contributed by atoms with Crippen molar-refractivity contribution in [1.29, 1.82) is 5.26 Å². The standard InChI is InChI=1S/C16H14N4O5/c17-5-8-2-1-3-9(4-8)14-19-13(18)12(16(22)23)15(20-14)25-11-7-24-6-10(11)21/h1-4,10-11,21H,6-7H2,(H,22,23)(H2,18,19,20)/t10-,11-/m1/s1. The number of carboxylic acid groups (broad SMARTS) is 1. The van der Waals surface area contributed by atoms with Gasteiger partial charge in [0.1, 0.15) is 11.9 Å². The van der Waals surface area contributed by atoms with Crippen molar-refractivity contribution in [3.05, 3.63) is 35.4 Å². The quantitative estimate of drug-likeness (QED) is 0.718. The van der Waals surface area contributed by atoms with Crippen LogP contribution >= 0.6 is 0 Å². The maximum absolute atomic E-state index is 11.5. The molecule has 0 amide bonds. The van der Waals surface area contributed by atoms with Crippen molar-refractivity contribution in [2.24, 2.45) is 0 Å². The number of nitrogens with two attached hydrogens (primary N) is 1. The number of nitrogen functional groups attached to an aromatic ring is 1. The molecule has 1 aliphatic rings. The summed E-state index contributed by atoms with van der Waals surface area (Å²) in [5, 5.41) is 28.1. The normalized spacial score (nSPS) is 19.4. The van der Waals surface area contributed by atoms with Gasteiger partial charge in [-0.1, -0.05) is 12.1 Å². The minimum absolute atomic E-state index is 0.0880. The van der Waals surface area contributed by atoms with E-state index in [1.807, 2.05) is 6.07 Å². The zero-order valence-electron chi connectivity index (χ0n) is 12.9. The highest BCUT2D eigenvalue weighted by atomic mass is 16.6. The predicted octanol–water partition coefficient (Wildman–Crippen LogP) is 0.434. The van der Waals surface area contributed by atoms with Gasteiger partial charge in [0.15, 0.2) is 17.5 Å². The summed E-state index contributed by atoms with van der Waals surface area (Å²) in [6.07, 6.45) is -1.66. The first-order valence-electron chi connectivity index (χ1n) is 7.33. The van der Waals surface area contributed by atoms with Crippen LogP contribution in [0.25, 0.3) is 11.4 Å².